The molecule has 0 nitrogen and oxygen atoms in total. The molecule has 24 heavy (non-hydrogen) atoms. The van der Waals surface area contributed by atoms with Crippen molar-refractivity contribution in [2.24, 2.45) is 23.7 Å². The Bertz CT molecular complexity index is 282. The van der Waals surface area contributed by atoms with E-state index < -0.39 is 0 Å². The number of rotatable bonds is 1. The smallest absolute Gasteiger partial charge is 0.0358 e. The summed E-state index contributed by atoms with van der Waals surface area (Å²) in [5.74, 6) is 3.98. The van der Waals surface area contributed by atoms with E-state index >= 15 is 0 Å². The first-order chi connectivity index (χ1) is 11.8. The van der Waals surface area contributed by atoms with Crippen LogP contribution in [0.2, 0.25) is 0 Å². The molecule has 0 N–H and O–H groups in total. The van der Waals surface area contributed by atoms with Crippen LogP contribution in [0.25, 0.3) is 0 Å². The van der Waals surface area contributed by atoms with Gasteiger partial charge >= 0.3 is 0 Å². The van der Waals surface area contributed by atoms with Crippen LogP contribution in [-0.2, 0) is 0 Å². The van der Waals surface area contributed by atoms with E-state index in [1.54, 1.807) is 12.8 Å². The Morgan fingerprint density at radius 3 is 1.29 bits per heavy atom. The second kappa shape index (κ2) is 12.4. The summed E-state index contributed by atoms with van der Waals surface area (Å²) in [7, 11) is 0. The number of hydrogen-bond donors (Lipinski definition) is 0. The van der Waals surface area contributed by atoms with Crippen LogP contribution in [0.5, 0.6) is 0 Å². The normalized spacial score (nSPS) is 34.0. The molecule has 2 rings (SSSR count). The van der Waals surface area contributed by atoms with Gasteiger partial charge in [0.1, 0.15) is 0 Å². The topological polar surface area (TPSA) is 0 Å². The Labute approximate surface area is 153 Å². The first-order valence-corrected chi connectivity index (χ1v) is 11.8. The van der Waals surface area contributed by atoms with Gasteiger partial charge in [0.25, 0.3) is 0 Å². The maximum absolute atomic E-state index is 2.62. The highest BCUT2D eigenvalue weighted by molar-refractivity contribution is 4.79. The lowest BCUT2D eigenvalue weighted by atomic mass is 9.69. The molecule has 2 aliphatic rings. The molecule has 0 radical (unpaired) electrons. The molecule has 0 amide bonds. The molecule has 3 atom stereocenters. The van der Waals surface area contributed by atoms with Crippen LogP contribution < -0.4 is 0 Å². The lowest BCUT2D eigenvalue weighted by molar-refractivity contribution is 0.138. The third-order valence-electron chi connectivity index (χ3n) is 7.53. The number of hydrogen-bond acceptors (Lipinski definition) is 0. The van der Waals surface area contributed by atoms with E-state index in [0.29, 0.717) is 0 Å². The van der Waals surface area contributed by atoms with E-state index in [9.17, 15) is 0 Å². The Balaban J connectivity index is 1.96. The van der Waals surface area contributed by atoms with E-state index in [0.717, 1.165) is 23.7 Å². The maximum Gasteiger partial charge on any atom is -0.0358 e. The molecule has 142 valence electrons. The Morgan fingerprint density at radius 1 is 0.417 bits per heavy atom. The minimum atomic E-state index is 0.953. The first kappa shape index (κ1) is 20.3. The molecule has 0 aromatic rings. The van der Waals surface area contributed by atoms with E-state index in [4.69, 9.17) is 0 Å². The van der Waals surface area contributed by atoms with E-state index in [1.165, 1.54) is 103 Å². The fourth-order valence-electron chi connectivity index (χ4n) is 5.61. The van der Waals surface area contributed by atoms with Crippen LogP contribution in [0.3, 0.4) is 0 Å². The fourth-order valence-corrected chi connectivity index (χ4v) is 5.61. The van der Waals surface area contributed by atoms with Crippen LogP contribution >= 0.6 is 0 Å². The van der Waals surface area contributed by atoms with Gasteiger partial charge in [0.15, 0.2) is 0 Å². The molecule has 0 aliphatic heterocycles. The van der Waals surface area contributed by atoms with E-state index in [2.05, 4.69) is 13.8 Å². The molecule has 0 aromatic carbocycles. The average Bonchev–Trinajstić information content (AvgIpc) is 2.57. The van der Waals surface area contributed by atoms with Gasteiger partial charge in [-0.05, 0) is 30.1 Å². The van der Waals surface area contributed by atoms with Crippen molar-refractivity contribution in [1.82, 2.24) is 0 Å². The molecule has 2 aliphatic carbocycles. The van der Waals surface area contributed by atoms with Gasteiger partial charge in [-0.1, -0.05) is 123 Å². The largest absolute Gasteiger partial charge is 0.0622 e. The lowest BCUT2D eigenvalue weighted by Crippen LogP contribution is -2.27. The minimum absolute atomic E-state index is 0.953. The first-order valence-electron chi connectivity index (χ1n) is 11.8. The minimum Gasteiger partial charge on any atom is -0.0622 e. The SMILES string of the molecule is CC1CCCCCCCC(C2CCCCCCCCCCC2)C1C. The van der Waals surface area contributed by atoms with E-state index in [1.807, 2.05) is 0 Å². The third-order valence-corrected chi connectivity index (χ3v) is 7.53. The van der Waals surface area contributed by atoms with E-state index in [-0.39, 0.29) is 0 Å². The summed E-state index contributed by atoms with van der Waals surface area (Å²) in [6, 6.07) is 0. The second-order valence-electron chi connectivity index (χ2n) is 9.36. The van der Waals surface area contributed by atoms with Crippen molar-refractivity contribution in [2.45, 2.75) is 129 Å². The van der Waals surface area contributed by atoms with Crippen molar-refractivity contribution in [3.05, 3.63) is 0 Å². The summed E-state index contributed by atoms with van der Waals surface area (Å²) < 4.78 is 0. The van der Waals surface area contributed by atoms with Crippen molar-refractivity contribution >= 4 is 0 Å². The van der Waals surface area contributed by atoms with Gasteiger partial charge in [-0.25, -0.2) is 0 Å². The zero-order valence-corrected chi connectivity index (χ0v) is 17.0. The van der Waals surface area contributed by atoms with Crippen molar-refractivity contribution in [2.75, 3.05) is 0 Å². The molecule has 2 fully saturated rings. The Kier molecular flexibility index (Phi) is 10.5. The van der Waals surface area contributed by atoms with Gasteiger partial charge in [-0.15, -0.1) is 0 Å². The van der Waals surface area contributed by atoms with Gasteiger partial charge in [0.05, 0.1) is 0 Å². The van der Waals surface area contributed by atoms with Gasteiger partial charge in [-0.2, -0.15) is 0 Å². The predicted octanol–water partition coefficient (Wildman–Crippen LogP) is 8.54. The second-order valence-corrected chi connectivity index (χ2v) is 9.36. The zero-order chi connectivity index (χ0) is 17.0. The molecular formula is C24H46. The van der Waals surface area contributed by atoms with Crippen molar-refractivity contribution in [1.29, 1.82) is 0 Å². The van der Waals surface area contributed by atoms with Gasteiger partial charge in [-0.3, -0.25) is 0 Å². The van der Waals surface area contributed by atoms with Crippen molar-refractivity contribution in [3.8, 4) is 0 Å². The zero-order valence-electron chi connectivity index (χ0n) is 17.0. The molecule has 0 heterocycles. The summed E-state index contributed by atoms with van der Waals surface area (Å²) in [5.41, 5.74) is 0. The summed E-state index contributed by atoms with van der Waals surface area (Å²) in [5, 5.41) is 0. The predicted molar refractivity (Wildman–Crippen MR) is 108 cm³/mol. The average molecular weight is 335 g/mol. The summed E-state index contributed by atoms with van der Waals surface area (Å²) >= 11 is 0. The molecular weight excluding hydrogens is 288 g/mol. The van der Waals surface area contributed by atoms with Gasteiger partial charge in [0.2, 0.25) is 0 Å². The third kappa shape index (κ3) is 7.49. The van der Waals surface area contributed by atoms with Crippen LogP contribution in [0.1, 0.15) is 129 Å². The Morgan fingerprint density at radius 2 is 0.792 bits per heavy atom. The van der Waals surface area contributed by atoms with Crippen LogP contribution in [0, 0.1) is 23.7 Å². The molecule has 0 aromatic heterocycles. The van der Waals surface area contributed by atoms with Crippen LogP contribution in [0.15, 0.2) is 0 Å². The molecule has 2 saturated carbocycles. The van der Waals surface area contributed by atoms with Crippen molar-refractivity contribution < 1.29 is 0 Å². The lowest BCUT2D eigenvalue weighted by Gasteiger charge is -2.36. The molecule has 0 heteroatoms. The highest BCUT2D eigenvalue weighted by Crippen LogP contribution is 2.39. The monoisotopic (exact) mass is 334 g/mol. The quantitative estimate of drug-likeness (QED) is 0.450. The van der Waals surface area contributed by atoms with Crippen LogP contribution in [0.4, 0.5) is 0 Å². The van der Waals surface area contributed by atoms with Gasteiger partial charge in [0, 0.05) is 0 Å². The van der Waals surface area contributed by atoms with Gasteiger partial charge < -0.3 is 0 Å². The molecule has 0 spiro atoms. The summed E-state index contributed by atoms with van der Waals surface area (Å²) in [6.45, 7) is 5.18. The molecule has 0 bridgehead atoms. The standard InChI is InChI=1S/C24H46/c1-21-17-13-9-8-12-16-20-24(22(21)2)23-18-14-10-6-4-3-5-7-11-15-19-23/h21-24H,3-20H2,1-2H3. The Hall–Kier alpha value is 0. The summed E-state index contributed by atoms with van der Waals surface area (Å²) in [6.07, 6.45) is 27.2. The highest BCUT2D eigenvalue weighted by atomic mass is 14.3. The highest BCUT2D eigenvalue weighted by Gasteiger charge is 2.29. The summed E-state index contributed by atoms with van der Waals surface area (Å²) in [4.78, 5) is 0. The van der Waals surface area contributed by atoms with Crippen molar-refractivity contribution in [3.63, 3.8) is 0 Å². The molecule has 3 unspecified atom stereocenters. The fraction of sp³-hybridized carbons (Fsp3) is 1.00. The molecule has 0 saturated heterocycles. The van der Waals surface area contributed by atoms with Crippen LogP contribution in [-0.4, -0.2) is 0 Å². The maximum atomic E-state index is 2.62.